The van der Waals surface area contributed by atoms with Crippen LogP contribution in [0.4, 0.5) is 5.69 Å². The Morgan fingerprint density at radius 1 is 1.03 bits per heavy atom. The minimum absolute atomic E-state index is 0.177. The van der Waals surface area contributed by atoms with Crippen molar-refractivity contribution >= 4 is 22.5 Å². The molecule has 0 aliphatic heterocycles. The van der Waals surface area contributed by atoms with E-state index < -0.39 is 0 Å². The number of aromatic nitrogens is 2. The second kappa shape index (κ2) is 7.63. The number of pyridine rings is 1. The third kappa shape index (κ3) is 3.50. The van der Waals surface area contributed by atoms with Gasteiger partial charge in [0.05, 0.1) is 25.4 Å². The molecule has 4 aromatic rings. The number of hydrogen-bond acceptors (Lipinski definition) is 6. The summed E-state index contributed by atoms with van der Waals surface area (Å²) in [5, 5.41) is 3.78. The summed E-state index contributed by atoms with van der Waals surface area (Å²) in [6.45, 7) is 1.88. The molecule has 146 valence electrons. The van der Waals surface area contributed by atoms with Crippen LogP contribution in [0.1, 0.15) is 16.2 Å². The van der Waals surface area contributed by atoms with E-state index in [4.69, 9.17) is 13.9 Å². The first-order valence-corrected chi connectivity index (χ1v) is 8.94. The number of rotatable bonds is 5. The monoisotopic (exact) mass is 389 g/mol. The SMILES string of the molecule is COc1ccc(-c2ocnc2C(=O)Nc2cc(C)nc3ccccc23)cc1OC. The highest BCUT2D eigenvalue weighted by Gasteiger charge is 2.20. The Morgan fingerprint density at radius 2 is 1.83 bits per heavy atom. The van der Waals surface area contributed by atoms with E-state index in [-0.39, 0.29) is 11.6 Å². The number of methoxy groups -OCH3 is 2. The van der Waals surface area contributed by atoms with Crippen molar-refractivity contribution in [2.45, 2.75) is 6.92 Å². The fourth-order valence-corrected chi connectivity index (χ4v) is 3.18. The molecule has 4 rings (SSSR count). The van der Waals surface area contributed by atoms with Crippen molar-refractivity contribution in [3.8, 4) is 22.8 Å². The Balaban J connectivity index is 1.70. The molecule has 1 amide bonds. The van der Waals surface area contributed by atoms with Gasteiger partial charge < -0.3 is 19.2 Å². The average molecular weight is 389 g/mol. The molecule has 0 bridgehead atoms. The molecule has 0 unspecified atom stereocenters. The van der Waals surface area contributed by atoms with E-state index in [0.29, 0.717) is 28.5 Å². The second-order valence-corrected chi connectivity index (χ2v) is 6.38. The number of anilines is 1. The first-order valence-electron chi connectivity index (χ1n) is 8.94. The van der Waals surface area contributed by atoms with Gasteiger partial charge in [-0.3, -0.25) is 9.78 Å². The van der Waals surface area contributed by atoms with Crippen LogP contribution in [0.25, 0.3) is 22.2 Å². The number of carbonyl (C=O) groups is 1. The van der Waals surface area contributed by atoms with Gasteiger partial charge in [0.2, 0.25) is 0 Å². The molecule has 0 aliphatic rings. The van der Waals surface area contributed by atoms with Crippen LogP contribution < -0.4 is 14.8 Å². The molecule has 2 aromatic heterocycles. The molecule has 0 radical (unpaired) electrons. The topological polar surface area (TPSA) is 86.5 Å². The van der Waals surface area contributed by atoms with Gasteiger partial charge >= 0.3 is 0 Å². The van der Waals surface area contributed by atoms with E-state index in [1.807, 2.05) is 37.3 Å². The fourth-order valence-electron chi connectivity index (χ4n) is 3.18. The van der Waals surface area contributed by atoms with Crippen LogP contribution in [-0.2, 0) is 0 Å². The van der Waals surface area contributed by atoms with Crippen molar-refractivity contribution in [2.75, 3.05) is 19.5 Å². The smallest absolute Gasteiger partial charge is 0.278 e. The molecule has 0 fully saturated rings. The molecule has 29 heavy (non-hydrogen) atoms. The van der Waals surface area contributed by atoms with Crippen LogP contribution in [0.2, 0.25) is 0 Å². The number of ether oxygens (including phenoxy) is 2. The van der Waals surface area contributed by atoms with Crippen molar-refractivity contribution in [1.82, 2.24) is 9.97 Å². The lowest BCUT2D eigenvalue weighted by Crippen LogP contribution is -2.14. The zero-order valence-corrected chi connectivity index (χ0v) is 16.2. The Morgan fingerprint density at radius 3 is 2.62 bits per heavy atom. The van der Waals surface area contributed by atoms with Gasteiger partial charge in [0.15, 0.2) is 29.3 Å². The molecule has 0 spiro atoms. The van der Waals surface area contributed by atoms with Crippen molar-refractivity contribution in [1.29, 1.82) is 0 Å². The van der Waals surface area contributed by atoms with Crippen molar-refractivity contribution in [3.63, 3.8) is 0 Å². The van der Waals surface area contributed by atoms with Gasteiger partial charge in [-0.15, -0.1) is 0 Å². The highest BCUT2D eigenvalue weighted by molar-refractivity contribution is 6.10. The van der Waals surface area contributed by atoms with Crippen LogP contribution in [0.15, 0.2) is 59.3 Å². The first-order chi connectivity index (χ1) is 14.1. The summed E-state index contributed by atoms with van der Waals surface area (Å²) in [4.78, 5) is 21.6. The molecule has 2 aromatic carbocycles. The minimum Gasteiger partial charge on any atom is -0.493 e. The molecule has 0 saturated carbocycles. The summed E-state index contributed by atoms with van der Waals surface area (Å²) >= 11 is 0. The molecule has 1 N–H and O–H groups in total. The van der Waals surface area contributed by atoms with Crippen LogP contribution in [-0.4, -0.2) is 30.1 Å². The molecule has 0 atom stereocenters. The maximum Gasteiger partial charge on any atom is 0.278 e. The number of hydrogen-bond donors (Lipinski definition) is 1. The number of nitrogens with one attached hydrogen (secondary N) is 1. The summed E-state index contributed by atoms with van der Waals surface area (Å²) in [6.07, 6.45) is 1.25. The summed E-state index contributed by atoms with van der Waals surface area (Å²) in [5.74, 6) is 1.09. The minimum atomic E-state index is -0.376. The van der Waals surface area contributed by atoms with Crippen LogP contribution >= 0.6 is 0 Å². The zero-order chi connectivity index (χ0) is 20.4. The highest BCUT2D eigenvalue weighted by atomic mass is 16.5. The first kappa shape index (κ1) is 18.5. The van der Waals surface area contributed by atoms with E-state index in [0.717, 1.165) is 16.6 Å². The van der Waals surface area contributed by atoms with Crippen molar-refractivity contribution in [2.24, 2.45) is 0 Å². The lowest BCUT2D eigenvalue weighted by Gasteiger charge is -2.10. The van der Waals surface area contributed by atoms with Crippen molar-refractivity contribution in [3.05, 3.63) is 66.3 Å². The molecular formula is C22H19N3O4. The highest BCUT2D eigenvalue weighted by Crippen LogP contribution is 2.34. The molecule has 0 aliphatic carbocycles. The van der Waals surface area contributed by atoms with Gasteiger partial charge in [-0.2, -0.15) is 0 Å². The third-order valence-corrected chi connectivity index (χ3v) is 4.52. The van der Waals surface area contributed by atoms with E-state index in [1.54, 1.807) is 32.4 Å². The van der Waals surface area contributed by atoms with Gasteiger partial charge in [-0.25, -0.2) is 4.98 Å². The van der Waals surface area contributed by atoms with Gasteiger partial charge in [0.25, 0.3) is 5.91 Å². The van der Waals surface area contributed by atoms with Gasteiger partial charge in [0, 0.05) is 16.6 Å². The molecular weight excluding hydrogens is 370 g/mol. The Kier molecular flexibility index (Phi) is 4.87. The van der Waals surface area contributed by atoms with Crippen LogP contribution in [0.3, 0.4) is 0 Å². The number of carbonyl (C=O) groups excluding carboxylic acids is 1. The quantitative estimate of drug-likeness (QED) is 0.542. The molecule has 0 saturated heterocycles. The number of oxazole rings is 1. The fraction of sp³-hybridized carbons (Fsp3) is 0.136. The average Bonchev–Trinajstić information content (AvgIpc) is 3.23. The summed E-state index contributed by atoms with van der Waals surface area (Å²) in [7, 11) is 3.11. The third-order valence-electron chi connectivity index (χ3n) is 4.52. The Labute approximate surface area is 167 Å². The van der Waals surface area contributed by atoms with Gasteiger partial charge in [-0.05, 0) is 37.3 Å². The molecule has 7 nitrogen and oxygen atoms in total. The Bertz CT molecular complexity index is 1200. The van der Waals surface area contributed by atoms with E-state index in [9.17, 15) is 4.79 Å². The number of nitrogens with zero attached hydrogens (tertiary/aromatic N) is 2. The zero-order valence-electron chi connectivity index (χ0n) is 16.2. The van der Waals surface area contributed by atoms with Crippen LogP contribution in [0, 0.1) is 6.92 Å². The molecule has 2 heterocycles. The number of amides is 1. The number of fused-ring (bicyclic) bond motifs is 1. The number of aryl methyl sites for hydroxylation is 1. The van der Waals surface area contributed by atoms with Crippen molar-refractivity contribution < 1.29 is 18.7 Å². The maximum absolute atomic E-state index is 13.0. The number of benzene rings is 2. The van der Waals surface area contributed by atoms with Gasteiger partial charge in [-0.1, -0.05) is 18.2 Å². The Hall–Kier alpha value is -3.87. The lowest BCUT2D eigenvalue weighted by molar-refractivity contribution is 0.102. The standard InChI is InChI=1S/C22H19N3O4/c1-13-10-17(15-6-4-5-7-16(15)24-13)25-22(26)20-21(29-12-23-20)14-8-9-18(27-2)19(11-14)28-3/h4-12H,1-3H3,(H,24,25,26). The molecule has 7 heteroatoms. The van der Waals surface area contributed by atoms with E-state index in [1.165, 1.54) is 6.39 Å². The lowest BCUT2D eigenvalue weighted by atomic mass is 10.1. The summed E-state index contributed by atoms with van der Waals surface area (Å²) in [6, 6.07) is 14.7. The predicted octanol–water partition coefficient (Wildman–Crippen LogP) is 4.47. The maximum atomic E-state index is 13.0. The van der Waals surface area contributed by atoms with E-state index in [2.05, 4.69) is 15.3 Å². The number of para-hydroxylation sites is 1. The van der Waals surface area contributed by atoms with Crippen LogP contribution in [0.5, 0.6) is 11.5 Å². The summed E-state index contributed by atoms with van der Waals surface area (Å²) < 4.78 is 16.1. The van der Waals surface area contributed by atoms with E-state index >= 15 is 0 Å². The normalized spacial score (nSPS) is 10.7. The largest absolute Gasteiger partial charge is 0.493 e. The second-order valence-electron chi connectivity index (χ2n) is 6.38. The van der Waals surface area contributed by atoms with Gasteiger partial charge in [0.1, 0.15) is 0 Å². The summed E-state index contributed by atoms with van der Waals surface area (Å²) in [5.41, 5.74) is 3.11. The predicted molar refractivity (Wildman–Crippen MR) is 109 cm³/mol.